The fourth-order valence-corrected chi connectivity index (χ4v) is 2.08. The number of nitrogens with one attached hydrogen (secondary N) is 1. The molecule has 0 radical (unpaired) electrons. The molecule has 0 aromatic carbocycles. The molecule has 1 fully saturated rings. The summed E-state index contributed by atoms with van der Waals surface area (Å²) in [5.41, 5.74) is 7.23. The number of primary amides is 1. The van der Waals surface area contributed by atoms with E-state index < -0.39 is 5.41 Å². The molecular weight excluding hydrogens is 262 g/mol. The molecule has 0 bridgehead atoms. The summed E-state index contributed by atoms with van der Waals surface area (Å²) in [6.07, 6.45) is 0.656. The summed E-state index contributed by atoms with van der Waals surface area (Å²) in [5.74, 6) is 5.64. The van der Waals surface area contributed by atoms with Crippen LogP contribution >= 0.6 is 0 Å². The molecule has 5 N–H and O–H groups in total. The number of nitrogen functional groups attached to an aromatic ring is 1. The first kappa shape index (κ1) is 14.3. The molecule has 2 rings (SSSR count). The van der Waals surface area contributed by atoms with Crippen LogP contribution in [0.1, 0.15) is 20.3 Å². The highest BCUT2D eigenvalue weighted by molar-refractivity contribution is 5.81. The standard InChI is InChI=1S/C11H19N7O2/c1-3-20-10-15-8(17-13)14-9(16-10)18-5-4-11(2,6-18)7(12)19/h3-6,13H2,1-2H3,(H2,12,19)(H,14,15,16,17). The van der Waals surface area contributed by atoms with Crippen molar-refractivity contribution in [2.75, 3.05) is 30.0 Å². The maximum absolute atomic E-state index is 11.5. The minimum absolute atomic E-state index is 0.193. The van der Waals surface area contributed by atoms with Crippen LogP contribution in [0.25, 0.3) is 0 Å². The lowest BCUT2D eigenvalue weighted by Gasteiger charge is -2.21. The molecule has 0 saturated carbocycles. The van der Waals surface area contributed by atoms with E-state index in [1.807, 2.05) is 18.7 Å². The third-order valence-corrected chi connectivity index (χ3v) is 3.36. The van der Waals surface area contributed by atoms with Gasteiger partial charge in [0.15, 0.2) is 0 Å². The second-order valence-electron chi connectivity index (χ2n) is 4.92. The van der Waals surface area contributed by atoms with Crippen molar-refractivity contribution in [2.45, 2.75) is 20.3 Å². The van der Waals surface area contributed by atoms with Crippen LogP contribution in [0.15, 0.2) is 0 Å². The number of hydrazine groups is 1. The van der Waals surface area contributed by atoms with E-state index in [1.165, 1.54) is 0 Å². The Morgan fingerprint density at radius 3 is 2.80 bits per heavy atom. The number of carbonyl (C=O) groups excluding carboxylic acids is 1. The Balaban J connectivity index is 2.25. The van der Waals surface area contributed by atoms with Crippen LogP contribution in [-0.2, 0) is 4.79 Å². The van der Waals surface area contributed by atoms with Crippen molar-refractivity contribution in [1.82, 2.24) is 15.0 Å². The Hall–Kier alpha value is -2.16. The molecule has 1 aromatic heterocycles. The van der Waals surface area contributed by atoms with Crippen molar-refractivity contribution in [2.24, 2.45) is 17.0 Å². The monoisotopic (exact) mass is 281 g/mol. The van der Waals surface area contributed by atoms with Gasteiger partial charge in [-0.25, -0.2) is 5.84 Å². The van der Waals surface area contributed by atoms with Crippen LogP contribution in [0.5, 0.6) is 6.01 Å². The van der Waals surface area contributed by atoms with E-state index in [-0.39, 0.29) is 17.9 Å². The van der Waals surface area contributed by atoms with Crippen molar-refractivity contribution >= 4 is 17.8 Å². The second kappa shape index (κ2) is 5.45. The average Bonchev–Trinajstić information content (AvgIpc) is 2.83. The van der Waals surface area contributed by atoms with Gasteiger partial charge in [0.2, 0.25) is 17.8 Å². The minimum atomic E-state index is -0.575. The lowest BCUT2D eigenvalue weighted by molar-refractivity contribution is -0.125. The lowest BCUT2D eigenvalue weighted by Crippen LogP contribution is -2.37. The normalized spacial score (nSPS) is 21.9. The van der Waals surface area contributed by atoms with Gasteiger partial charge >= 0.3 is 6.01 Å². The topological polar surface area (TPSA) is 132 Å². The molecule has 110 valence electrons. The number of ether oxygens (including phenoxy) is 1. The number of nitrogens with two attached hydrogens (primary N) is 2. The zero-order valence-electron chi connectivity index (χ0n) is 11.6. The summed E-state index contributed by atoms with van der Waals surface area (Å²) >= 11 is 0. The van der Waals surface area contributed by atoms with Gasteiger partial charge in [-0.15, -0.1) is 0 Å². The highest BCUT2D eigenvalue weighted by atomic mass is 16.5. The highest BCUT2D eigenvalue weighted by Crippen LogP contribution is 2.32. The van der Waals surface area contributed by atoms with Gasteiger partial charge in [-0.05, 0) is 20.3 Å². The third-order valence-electron chi connectivity index (χ3n) is 3.36. The fraction of sp³-hybridized carbons (Fsp3) is 0.636. The van der Waals surface area contributed by atoms with Crippen molar-refractivity contribution in [3.8, 4) is 6.01 Å². The number of carbonyl (C=O) groups is 1. The molecule has 1 aliphatic rings. The number of anilines is 2. The maximum atomic E-state index is 11.5. The molecule has 20 heavy (non-hydrogen) atoms. The molecule has 1 saturated heterocycles. The van der Waals surface area contributed by atoms with Crippen LogP contribution in [0.2, 0.25) is 0 Å². The van der Waals surface area contributed by atoms with Crippen molar-refractivity contribution < 1.29 is 9.53 Å². The SMILES string of the molecule is CCOc1nc(NN)nc(N2CCC(C)(C(N)=O)C2)n1. The average molecular weight is 281 g/mol. The van der Waals surface area contributed by atoms with E-state index in [2.05, 4.69) is 20.4 Å². The molecule has 1 aromatic rings. The zero-order valence-corrected chi connectivity index (χ0v) is 11.6. The van der Waals surface area contributed by atoms with Gasteiger partial charge < -0.3 is 15.4 Å². The lowest BCUT2D eigenvalue weighted by atomic mass is 9.89. The first-order valence-electron chi connectivity index (χ1n) is 6.39. The Morgan fingerprint density at radius 1 is 1.50 bits per heavy atom. The fourth-order valence-electron chi connectivity index (χ4n) is 2.08. The molecule has 9 heteroatoms. The summed E-state index contributed by atoms with van der Waals surface area (Å²) < 4.78 is 5.27. The summed E-state index contributed by atoms with van der Waals surface area (Å²) in [7, 11) is 0. The minimum Gasteiger partial charge on any atom is -0.464 e. The van der Waals surface area contributed by atoms with Gasteiger partial charge in [-0.1, -0.05) is 0 Å². The van der Waals surface area contributed by atoms with Gasteiger partial charge in [0.1, 0.15) is 0 Å². The molecule has 2 heterocycles. The summed E-state index contributed by atoms with van der Waals surface area (Å²) in [6, 6.07) is 0.193. The number of nitrogens with zero attached hydrogens (tertiary/aromatic N) is 4. The van der Waals surface area contributed by atoms with E-state index in [1.54, 1.807) is 0 Å². The van der Waals surface area contributed by atoms with Gasteiger partial charge in [0.25, 0.3) is 0 Å². The van der Waals surface area contributed by atoms with Crippen molar-refractivity contribution in [3.63, 3.8) is 0 Å². The quantitative estimate of drug-likeness (QED) is 0.474. The molecule has 0 aliphatic carbocycles. The van der Waals surface area contributed by atoms with Crippen LogP contribution in [0.4, 0.5) is 11.9 Å². The van der Waals surface area contributed by atoms with Gasteiger partial charge in [0.05, 0.1) is 12.0 Å². The molecular formula is C11H19N7O2. The van der Waals surface area contributed by atoms with E-state index in [4.69, 9.17) is 16.3 Å². The zero-order chi connectivity index (χ0) is 14.8. The first-order chi connectivity index (χ1) is 9.48. The van der Waals surface area contributed by atoms with Gasteiger partial charge in [-0.2, -0.15) is 15.0 Å². The van der Waals surface area contributed by atoms with E-state index in [9.17, 15) is 4.79 Å². The summed E-state index contributed by atoms with van der Waals surface area (Å²) in [4.78, 5) is 25.7. The number of rotatable bonds is 5. The van der Waals surface area contributed by atoms with E-state index in [0.717, 1.165) is 0 Å². The molecule has 9 nitrogen and oxygen atoms in total. The van der Waals surface area contributed by atoms with Crippen molar-refractivity contribution in [1.29, 1.82) is 0 Å². The predicted octanol–water partition coefficient (Wildman–Crippen LogP) is -0.742. The number of amides is 1. The summed E-state index contributed by atoms with van der Waals surface area (Å²) in [6.45, 7) is 5.20. The van der Waals surface area contributed by atoms with Crippen molar-refractivity contribution in [3.05, 3.63) is 0 Å². The second-order valence-corrected chi connectivity index (χ2v) is 4.92. The summed E-state index contributed by atoms with van der Waals surface area (Å²) in [5, 5.41) is 0. The molecule has 1 aliphatic heterocycles. The third kappa shape index (κ3) is 2.72. The first-order valence-corrected chi connectivity index (χ1v) is 6.39. The highest BCUT2D eigenvalue weighted by Gasteiger charge is 2.40. The Labute approximate surface area is 116 Å². The Morgan fingerprint density at radius 2 is 2.25 bits per heavy atom. The smallest absolute Gasteiger partial charge is 0.323 e. The maximum Gasteiger partial charge on any atom is 0.323 e. The molecule has 0 spiro atoms. The van der Waals surface area contributed by atoms with Crippen LogP contribution < -0.4 is 26.6 Å². The Kier molecular flexibility index (Phi) is 3.89. The number of aromatic nitrogens is 3. The molecule has 1 unspecified atom stereocenters. The molecule has 1 atom stereocenters. The predicted molar refractivity (Wildman–Crippen MR) is 72.9 cm³/mol. The van der Waals surface area contributed by atoms with Gasteiger partial charge in [0, 0.05) is 13.1 Å². The Bertz CT molecular complexity index is 510. The van der Waals surface area contributed by atoms with E-state index >= 15 is 0 Å². The number of hydrogen-bond acceptors (Lipinski definition) is 8. The largest absolute Gasteiger partial charge is 0.464 e. The van der Waals surface area contributed by atoms with Gasteiger partial charge in [-0.3, -0.25) is 10.2 Å². The van der Waals surface area contributed by atoms with E-state index in [0.29, 0.717) is 32.1 Å². The number of hydrogen-bond donors (Lipinski definition) is 3. The van der Waals surface area contributed by atoms with Crippen LogP contribution in [-0.4, -0.2) is 40.6 Å². The molecule has 1 amide bonds. The van der Waals surface area contributed by atoms with Crippen LogP contribution in [0, 0.1) is 5.41 Å². The van der Waals surface area contributed by atoms with Crippen LogP contribution in [0.3, 0.4) is 0 Å².